The molecular formula is C27H34N8O5. The van der Waals surface area contributed by atoms with Crippen LogP contribution in [0.25, 0.3) is 11.3 Å². The van der Waals surface area contributed by atoms with Crippen LogP contribution in [0, 0.1) is 11.3 Å². The molecule has 0 aliphatic rings. The number of aromatic amines is 1. The van der Waals surface area contributed by atoms with Gasteiger partial charge < -0.3 is 30.2 Å². The summed E-state index contributed by atoms with van der Waals surface area (Å²) in [5.74, 6) is 2.02. The molecule has 0 aliphatic heterocycles. The lowest BCUT2D eigenvalue weighted by Gasteiger charge is -2.19. The highest BCUT2D eigenvalue weighted by molar-refractivity contribution is 5.77. The number of H-pyrrole nitrogens is 1. The number of nitrogens with zero attached hydrogens (tertiary/aromatic N) is 4. The molecule has 0 atom stereocenters. The summed E-state index contributed by atoms with van der Waals surface area (Å²) >= 11 is 0. The van der Waals surface area contributed by atoms with E-state index in [1.54, 1.807) is 33.9 Å². The second-order valence-corrected chi connectivity index (χ2v) is 9.61. The Morgan fingerprint density at radius 3 is 2.52 bits per heavy atom. The van der Waals surface area contributed by atoms with Gasteiger partial charge in [-0.25, -0.2) is 14.8 Å². The Morgan fingerprint density at radius 2 is 1.82 bits per heavy atom. The third kappa shape index (κ3) is 9.46. The van der Waals surface area contributed by atoms with Gasteiger partial charge in [-0.1, -0.05) is 6.07 Å². The summed E-state index contributed by atoms with van der Waals surface area (Å²) in [7, 11) is 1.57. The van der Waals surface area contributed by atoms with Gasteiger partial charge in [0.25, 0.3) is 0 Å². The monoisotopic (exact) mass is 550 g/mol. The maximum Gasteiger partial charge on any atom is 0.407 e. The third-order valence-corrected chi connectivity index (χ3v) is 5.23. The highest BCUT2D eigenvalue weighted by Gasteiger charge is 2.17. The number of ether oxygens (including phenoxy) is 3. The summed E-state index contributed by atoms with van der Waals surface area (Å²) in [5.41, 5.74) is 1.01. The van der Waals surface area contributed by atoms with Crippen molar-refractivity contribution in [2.24, 2.45) is 0 Å². The van der Waals surface area contributed by atoms with Gasteiger partial charge >= 0.3 is 6.09 Å². The summed E-state index contributed by atoms with van der Waals surface area (Å²) < 4.78 is 16.7. The van der Waals surface area contributed by atoms with E-state index in [0.717, 1.165) is 0 Å². The van der Waals surface area contributed by atoms with Crippen molar-refractivity contribution >= 4 is 23.6 Å². The Balaban J connectivity index is 1.46. The second-order valence-electron chi connectivity index (χ2n) is 9.61. The number of hydrogen-bond acceptors (Lipinski definition) is 10. The standard InChI is InChI=1S/C27H34N8O5/c1-27(2,3)40-26(37)30-11-6-10-24(36)29-12-7-13-39-21-9-5-8-20(38-4)25(21)19-14-22(35-34-19)33-23-17-31-18(15-28)16-32-23/h5,8-9,14,16-17H,6-7,10-13H2,1-4H3,(H,29,36)(H,30,37)(H2,32,33,34,35). The Kier molecular flexibility index (Phi) is 10.6. The number of nitriles is 1. The molecule has 13 heteroatoms. The van der Waals surface area contributed by atoms with Crippen LogP contribution in [0.1, 0.15) is 45.7 Å². The van der Waals surface area contributed by atoms with Crippen LogP contribution in [-0.4, -0.2) is 64.6 Å². The topological polar surface area (TPSA) is 176 Å². The van der Waals surface area contributed by atoms with Crippen LogP contribution in [0.3, 0.4) is 0 Å². The van der Waals surface area contributed by atoms with E-state index >= 15 is 0 Å². The number of alkyl carbamates (subject to hydrolysis) is 1. The number of rotatable bonds is 13. The zero-order valence-corrected chi connectivity index (χ0v) is 23.0. The zero-order chi connectivity index (χ0) is 29.0. The zero-order valence-electron chi connectivity index (χ0n) is 23.0. The van der Waals surface area contributed by atoms with Crippen molar-refractivity contribution in [1.29, 1.82) is 5.26 Å². The quantitative estimate of drug-likeness (QED) is 0.230. The Hall–Kier alpha value is -4.86. The van der Waals surface area contributed by atoms with Crippen LogP contribution in [-0.2, 0) is 9.53 Å². The van der Waals surface area contributed by atoms with Gasteiger partial charge in [0.05, 0.1) is 37.4 Å². The number of amides is 2. The minimum Gasteiger partial charge on any atom is -0.496 e. The molecule has 0 unspecified atom stereocenters. The van der Waals surface area contributed by atoms with Gasteiger partial charge in [0.2, 0.25) is 5.91 Å². The Labute approximate surface area is 232 Å². The predicted octanol–water partition coefficient (Wildman–Crippen LogP) is 3.68. The van der Waals surface area contributed by atoms with Gasteiger partial charge in [0.15, 0.2) is 11.5 Å². The van der Waals surface area contributed by atoms with E-state index in [0.29, 0.717) is 73.4 Å². The minimum absolute atomic E-state index is 0.0995. The van der Waals surface area contributed by atoms with E-state index in [9.17, 15) is 9.59 Å². The first-order valence-corrected chi connectivity index (χ1v) is 12.8. The molecule has 4 N–H and O–H groups in total. The van der Waals surface area contributed by atoms with E-state index in [4.69, 9.17) is 19.5 Å². The highest BCUT2D eigenvalue weighted by Crippen LogP contribution is 2.38. The summed E-state index contributed by atoms with van der Waals surface area (Å²) in [6.07, 6.45) is 3.71. The van der Waals surface area contributed by atoms with Gasteiger partial charge in [0, 0.05) is 25.6 Å². The maximum absolute atomic E-state index is 12.1. The van der Waals surface area contributed by atoms with Gasteiger partial charge in [0.1, 0.15) is 29.0 Å². The fraction of sp³-hybridized carbons (Fsp3) is 0.407. The fourth-order valence-electron chi connectivity index (χ4n) is 3.49. The van der Waals surface area contributed by atoms with Crippen LogP contribution >= 0.6 is 0 Å². The number of hydrogen-bond donors (Lipinski definition) is 4. The number of carbonyl (C=O) groups is 2. The first-order chi connectivity index (χ1) is 19.2. The van der Waals surface area contributed by atoms with Crippen molar-refractivity contribution in [3.8, 4) is 28.8 Å². The molecule has 212 valence electrons. The van der Waals surface area contributed by atoms with Crippen molar-refractivity contribution in [3.63, 3.8) is 0 Å². The molecule has 1 aromatic carbocycles. The van der Waals surface area contributed by atoms with Gasteiger partial charge in [-0.15, -0.1) is 0 Å². The number of carbonyl (C=O) groups excluding carboxylic acids is 2. The lowest BCUT2D eigenvalue weighted by atomic mass is 10.1. The number of anilines is 2. The SMILES string of the molecule is COc1cccc(OCCCNC(=O)CCCNC(=O)OC(C)(C)C)c1-c1cc(Nc2cnc(C#N)cn2)n[nH]1. The minimum atomic E-state index is -0.559. The summed E-state index contributed by atoms with van der Waals surface area (Å²) in [6.45, 7) is 6.54. The predicted molar refractivity (Wildman–Crippen MR) is 147 cm³/mol. The van der Waals surface area contributed by atoms with Crippen molar-refractivity contribution in [2.45, 2.75) is 45.6 Å². The van der Waals surface area contributed by atoms with Crippen LogP contribution < -0.4 is 25.4 Å². The van der Waals surface area contributed by atoms with Crippen LogP contribution in [0.4, 0.5) is 16.4 Å². The van der Waals surface area contributed by atoms with E-state index in [2.05, 4.69) is 36.1 Å². The van der Waals surface area contributed by atoms with E-state index in [1.807, 2.05) is 24.3 Å². The van der Waals surface area contributed by atoms with Crippen molar-refractivity contribution in [1.82, 2.24) is 30.8 Å². The molecule has 0 saturated heterocycles. The van der Waals surface area contributed by atoms with Gasteiger partial charge in [-0.05, 0) is 45.7 Å². The smallest absolute Gasteiger partial charge is 0.407 e. The third-order valence-electron chi connectivity index (χ3n) is 5.23. The molecule has 3 aromatic rings. The number of methoxy groups -OCH3 is 1. The Bertz CT molecular complexity index is 1310. The molecular weight excluding hydrogens is 516 g/mol. The number of nitrogens with one attached hydrogen (secondary N) is 4. The normalized spacial score (nSPS) is 10.8. The van der Waals surface area contributed by atoms with Gasteiger partial charge in [-0.3, -0.25) is 9.89 Å². The molecule has 2 aromatic heterocycles. The lowest BCUT2D eigenvalue weighted by molar-refractivity contribution is -0.121. The number of aromatic nitrogens is 4. The van der Waals surface area contributed by atoms with Crippen molar-refractivity contribution in [3.05, 3.63) is 42.4 Å². The molecule has 3 rings (SSSR count). The van der Waals surface area contributed by atoms with Crippen LogP contribution in [0.2, 0.25) is 0 Å². The van der Waals surface area contributed by atoms with Gasteiger partial charge in [-0.2, -0.15) is 10.4 Å². The average Bonchev–Trinajstić information content (AvgIpc) is 3.38. The molecule has 0 saturated carbocycles. The molecule has 0 aliphatic carbocycles. The summed E-state index contributed by atoms with van der Waals surface area (Å²) in [5, 5.41) is 24.6. The second kappa shape index (κ2) is 14.3. The van der Waals surface area contributed by atoms with Crippen LogP contribution in [0.15, 0.2) is 36.7 Å². The first-order valence-electron chi connectivity index (χ1n) is 12.8. The molecule has 2 amide bonds. The average molecular weight is 551 g/mol. The molecule has 0 fully saturated rings. The summed E-state index contributed by atoms with van der Waals surface area (Å²) in [6, 6.07) is 9.18. The van der Waals surface area contributed by atoms with E-state index in [-0.39, 0.29) is 11.6 Å². The molecule has 0 bridgehead atoms. The Morgan fingerprint density at radius 1 is 1.05 bits per heavy atom. The van der Waals surface area contributed by atoms with Crippen LogP contribution in [0.5, 0.6) is 11.5 Å². The lowest BCUT2D eigenvalue weighted by Crippen LogP contribution is -2.33. The molecule has 0 radical (unpaired) electrons. The summed E-state index contributed by atoms with van der Waals surface area (Å²) in [4.78, 5) is 31.8. The largest absolute Gasteiger partial charge is 0.496 e. The first kappa shape index (κ1) is 29.7. The van der Waals surface area contributed by atoms with E-state index < -0.39 is 11.7 Å². The van der Waals surface area contributed by atoms with Crippen molar-refractivity contribution in [2.75, 3.05) is 32.1 Å². The fourth-order valence-corrected chi connectivity index (χ4v) is 3.49. The van der Waals surface area contributed by atoms with Crippen molar-refractivity contribution < 1.29 is 23.8 Å². The maximum atomic E-state index is 12.1. The molecule has 0 spiro atoms. The highest BCUT2D eigenvalue weighted by atomic mass is 16.6. The molecule has 13 nitrogen and oxygen atoms in total. The number of benzene rings is 1. The molecule has 40 heavy (non-hydrogen) atoms. The van der Waals surface area contributed by atoms with E-state index in [1.165, 1.54) is 12.4 Å². The molecule has 2 heterocycles.